The van der Waals surface area contributed by atoms with Crippen LogP contribution < -0.4 is 0 Å². The van der Waals surface area contributed by atoms with E-state index in [1.165, 1.54) is 16.9 Å². The van der Waals surface area contributed by atoms with Crippen LogP contribution in [-0.4, -0.2) is 5.25 Å². The first-order valence-corrected chi connectivity index (χ1v) is 6.85. The number of nitrogens with zero attached hydrogens (tertiary/aromatic N) is 1. The summed E-state index contributed by atoms with van der Waals surface area (Å²) in [6, 6.07) is 11.2. The van der Waals surface area contributed by atoms with Gasteiger partial charge in [-0.2, -0.15) is 5.26 Å². The molecule has 1 aromatic carbocycles. The molecule has 82 valence electrons. The summed E-state index contributed by atoms with van der Waals surface area (Å²) in [5.74, 6) is 0. The van der Waals surface area contributed by atoms with Gasteiger partial charge in [0.05, 0.1) is 11.5 Å². The molecule has 1 aromatic rings. The van der Waals surface area contributed by atoms with E-state index in [4.69, 9.17) is 0 Å². The first-order chi connectivity index (χ1) is 7.81. The van der Waals surface area contributed by atoms with Gasteiger partial charge in [-0.3, -0.25) is 0 Å². The predicted molar refractivity (Wildman–Crippen MR) is 66.3 cm³/mol. The summed E-state index contributed by atoms with van der Waals surface area (Å²) >= 11 is 1.98. The summed E-state index contributed by atoms with van der Waals surface area (Å²) in [5, 5.41) is 9.89. The lowest BCUT2D eigenvalue weighted by Gasteiger charge is -2.36. The zero-order valence-electron chi connectivity index (χ0n) is 9.28. The van der Waals surface area contributed by atoms with Crippen LogP contribution in [0, 0.1) is 16.7 Å². The first kappa shape index (κ1) is 10.2. The zero-order valence-corrected chi connectivity index (χ0v) is 10.1. The van der Waals surface area contributed by atoms with Crippen LogP contribution in [0.25, 0.3) is 0 Å². The Balaban J connectivity index is 1.71. The zero-order chi connectivity index (χ0) is 11.0. The fourth-order valence-electron chi connectivity index (χ4n) is 2.77. The third kappa shape index (κ3) is 1.64. The lowest BCUT2D eigenvalue weighted by molar-refractivity contribution is 0.197. The normalized spacial score (nSPS) is 25.6. The van der Waals surface area contributed by atoms with Gasteiger partial charge in [-0.15, -0.1) is 11.8 Å². The molecule has 0 aromatic heterocycles. The van der Waals surface area contributed by atoms with Gasteiger partial charge in [0.1, 0.15) is 0 Å². The molecular weight excluding hydrogens is 214 g/mol. The maximum absolute atomic E-state index is 9.25. The van der Waals surface area contributed by atoms with E-state index in [-0.39, 0.29) is 5.41 Å². The number of thioether (sulfide) groups is 1. The van der Waals surface area contributed by atoms with Crippen LogP contribution in [0.15, 0.2) is 29.2 Å². The lowest BCUT2D eigenvalue weighted by Crippen LogP contribution is -2.30. The molecule has 2 heteroatoms. The molecule has 0 bridgehead atoms. The van der Waals surface area contributed by atoms with Crippen molar-refractivity contribution in [2.45, 2.75) is 42.2 Å². The van der Waals surface area contributed by atoms with Crippen molar-refractivity contribution in [1.82, 2.24) is 0 Å². The van der Waals surface area contributed by atoms with Crippen molar-refractivity contribution in [3.05, 3.63) is 29.8 Å². The number of benzene rings is 1. The summed E-state index contributed by atoms with van der Waals surface area (Å²) < 4.78 is 0. The van der Waals surface area contributed by atoms with E-state index in [0.717, 1.165) is 25.7 Å². The number of rotatable bonds is 2. The minimum atomic E-state index is 0.0275. The highest BCUT2D eigenvalue weighted by molar-refractivity contribution is 8.00. The van der Waals surface area contributed by atoms with E-state index in [2.05, 4.69) is 30.3 Å². The Morgan fingerprint density at radius 1 is 1.38 bits per heavy atom. The molecular formula is C14H15NS. The molecule has 1 fully saturated rings. The van der Waals surface area contributed by atoms with Gasteiger partial charge in [0.25, 0.3) is 0 Å². The summed E-state index contributed by atoms with van der Waals surface area (Å²) in [4.78, 5) is 1.43. The minimum Gasteiger partial charge on any atom is -0.198 e. The van der Waals surface area contributed by atoms with Crippen LogP contribution >= 0.6 is 11.8 Å². The molecule has 1 heterocycles. The van der Waals surface area contributed by atoms with Gasteiger partial charge in [-0.05, 0) is 37.3 Å². The van der Waals surface area contributed by atoms with Gasteiger partial charge in [-0.1, -0.05) is 24.6 Å². The van der Waals surface area contributed by atoms with Crippen molar-refractivity contribution < 1.29 is 0 Å². The molecule has 0 N–H and O–H groups in total. The van der Waals surface area contributed by atoms with Gasteiger partial charge >= 0.3 is 0 Å². The van der Waals surface area contributed by atoms with E-state index in [1.54, 1.807) is 0 Å². The van der Waals surface area contributed by atoms with Crippen molar-refractivity contribution in [3.63, 3.8) is 0 Å². The first-order valence-electron chi connectivity index (χ1n) is 5.97. The molecule has 0 radical (unpaired) electrons. The van der Waals surface area contributed by atoms with Crippen molar-refractivity contribution in [3.8, 4) is 6.07 Å². The summed E-state index contributed by atoms with van der Waals surface area (Å²) in [6.45, 7) is 0. The highest BCUT2D eigenvalue weighted by Gasteiger charge is 2.40. The Hall–Kier alpha value is -0.940. The van der Waals surface area contributed by atoms with Crippen LogP contribution in [0.1, 0.15) is 31.2 Å². The van der Waals surface area contributed by atoms with Crippen LogP contribution in [0.3, 0.4) is 0 Å². The second-order valence-corrected chi connectivity index (χ2v) is 6.34. The topological polar surface area (TPSA) is 23.8 Å². The molecule has 1 aliphatic heterocycles. The Labute approximate surface area is 101 Å². The fraction of sp³-hybridized carbons (Fsp3) is 0.500. The average Bonchev–Trinajstić information content (AvgIpc) is 2.65. The van der Waals surface area contributed by atoms with Gasteiger partial charge < -0.3 is 0 Å². The highest BCUT2D eigenvalue weighted by Crippen LogP contribution is 2.49. The van der Waals surface area contributed by atoms with Gasteiger partial charge in [-0.25, -0.2) is 0 Å². The molecule has 3 rings (SSSR count). The summed E-state index contributed by atoms with van der Waals surface area (Å²) in [6.07, 6.45) is 5.73. The molecule has 0 spiro atoms. The van der Waals surface area contributed by atoms with E-state index < -0.39 is 0 Å². The largest absolute Gasteiger partial charge is 0.198 e. The van der Waals surface area contributed by atoms with E-state index >= 15 is 0 Å². The lowest BCUT2D eigenvalue weighted by atomic mass is 9.67. The molecule has 0 saturated heterocycles. The SMILES string of the molecule is N#CC1(CC2Cc3ccccc3S2)CCC1. The Bertz CT molecular complexity index is 417. The molecule has 0 amide bonds. The highest BCUT2D eigenvalue weighted by atomic mass is 32.2. The predicted octanol–water partition coefficient (Wildman–Crippen LogP) is 3.79. The third-order valence-electron chi connectivity index (χ3n) is 3.88. The second-order valence-electron chi connectivity index (χ2n) is 5.00. The van der Waals surface area contributed by atoms with Crippen molar-refractivity contribution >= 4 is 11.8 Å². The number of hydrogen-bond acceptors (Lipinski definition) is 2. The maximum Gasteiger partial charge on any atom is 0.0690 e. The molecule has 1 unspecified atom stereocenters. The summed E-state index contributed by atoms with van der Waals surface area (Å²) in [5.41, 5.74) is 1.50. The Morgan fingerprint density at radius 2 is 2.19 bits per heavy atom. The van der Waals surface area contributed by atoms with Gasteiger partial charge in [0, 0.05) is 10.1 Å². The van der Waals surface area contributed by atoms with Crippen LogP contribution in [-0.2, 0) is 6.42 Å². The molecule has 1 nitrogen and oxygen atoms in total. The third-order valence-corrected chi connectivity index (χ3v) is 5.20. The molecule has 1 aliphatic carbocycles. The van der Waals surface area contributed by atoms with E-state index in [1.807, 2.05) is 11.8 Å². The molecule has 1 saturated carbocycles. The van der Waals surface area contributed by atoms with Gasteiger partial charge in [0.15, 0.2) is 0 Å². The second kappa shape index (κ2) is 3.82. The van der Waals surface area contributed by atoms with Gasteiger partial charge in [0.2, 0.25) is 0 Å². The van der Waals surface area contributed by atoms with Crippen molar-refractivity contribution in [1.29, 1.82) is 5.26 Å². The number of fused-ring (bicyclic) bond motifs is 1. The minimum absolute atomic E-state index is 0.0275. The number of hydrogen-bond donors (Lipinski definition) is 0. The summed E-state index contributed by atoms with van der Waals surface area (Å²) in [7, 11) is 0. The van der Waals surface area contributed by atoms with Crippen LogP contribution in [0.4, 0.5) is 0 Å². The monoisotopic (exact) mass is 229 g/mol. The Morgan fingerprint density at radius 3 is 2.81 bits per heavy atom. The molecule has 2 aliphatic rings. The van der Waals surface area contributed by atoms with E-state index in [9.17, 15) is 5.26 Å². The molecule has 16 heavy (non-hydrogen) atoms. The maximum atomic E-state index is 9.25. The average molecular weight is 229 g/mol. The quantitative estimate of drug-likeness (QED) is 0.770. The fourth-order valence-corrected chi connectivity index (χ4v) is 4.25. The van der Waals surface area contributed by atoms with Crippen molar-refractivity contribution in [2.24, 2.45) is 5.41 Å². The van der Waals surface area contributed by atoms with Crippen LogP contribution in [0.2, 0.25) is 0 Å². The standard InChI is InChI=1S/C14H15NS/c15-10-14(6-3-7-14)9-12-8-11-4-1-2-5-13(11)16-12/h1-2,4-5,12H,3,6-9H2. The smallest absolute Gasteiger partial charge is 0.0690 e. The van der Waals surface area contributed by atoms with E-state index in [0.29, 0.717) is 5.25 Å². The number of nitriles is 1. The Kier molecular flexibility index (Phi) is 2.44. The molecule has 1 atom stereocenters. The van der Waals surface area contributed by atoms with Crippen LogP contribution in [0.5, 0.6) is 0 Å². The van der Waals surface area contributed by atoms with Crippen molar-refractivity contribution in [2.75, 3.05) is 0 Å².